The number of pyridine rings is 1. The highest BCUT2D eigenvalue weighted by molar-refractivity contribution is 5.94. The maximum Gasteiger partial charge on any atom is 0.254 e. The van der Waals surface area contributed by atoms with Crippen LogP contribution in [-0.4, -0.2) is 35.5 Å². The lowest BCUT2D eigenvalue weighted by Crippen LogP contribution is -2.42. The Balaban J connectivity index is 1.59. The van der Waals surface area contributed by atoms with Gasteiger partial charge in [-0.1, -0.05) is 30.3 Å². The van der Waals surface area contributed by atoms with Gasteiger partial charge >= 0.3 is 0 Å². The molecular weight excluding hydrogens is 362 g/mol. The summed E-state index contributed by atoms with van der Waals surface area (Å²) in [5.74, 6) is -1.42. The van der Waals surface area contributed by atoms with E-state index in [1.54, 1.807) is 35.2 Å². The van der Waals surface area contributed by atoms with E-state index in [4.69, 9.17) is 4.74 Å². The maximum atomic E-state index is 14.1. The Morgan fingerprint density at radius 3 is 2.43 bits per heavy atom. The molecule has 0 saturated carbocycles. The lowest BCUT2D eigenvalue weighted by Gasteiger charge is -2.33. The number of benzene rings is 2. The summed E-state index contributed by atoms with van der Waals surface area (Å²) in [5.41, 5.74) is 1.17. The second-order valence-electron chi connectivity index (χ2n) is 6.52. The molecule has 28 heavy (non-hydrogen) atoms. The molecule has 0 radical (unpaired) electrons. The number of carbonyl (C=O) groups is 1. The summed E-state index contributed by atoms with van der Waals surface area (Å²) in [6.07, 6.45) is -0.462. The van der Waals surface area contributed by atoms with Crippen LogP contribution in [0.4, 0.5) is 8.78 Å². The molecule has 4 rings (SSSR count). The van der Waals surface area contributed by atoms with E-state index >= 15 is 0 Å². The lowest BCUT2D eigenvalue weighted by molar-refractivity contribution is -0.0246. The average Bonchev–Trinajstić information content (AvgIpc) is 2.74. The molecule has 2 heterocycles. The molecule has 1 unspecified atom stereocenters. The summed E-state index contributed by atoms with van der Waals surface area (Å²) < 4.78 is 34.0. The second kappa shape index (κ2) is 7.86. The number of rotatable bonds is 3. The van der Waals surface area contributed by atoms with E-state index in [1.807, 2.05) is 18.2 Å². The van der Waals surface area contributed by atoms with Gasteiger partial charge < -0.3 is 9.64 Å². The summed E-state index contributed by atoms with van der Waals surface area (Å²) in [4.78, 5) is 18.8. The highest BCUT2D eigenvalue weighted by Gasteiger charge is 2.27. The van der Waals surface area contributed by atoms with Crippen LogP contribution < -0.4 is 0 Å². The van der Waals surface area contributed by atoms with Gasteiger partial charge in [-0.2, -0.15) is 0 Å². The van der Waals surface area contributed by atoms with Gasteiger partial charge in [0.2, 0.25) is 0 Å². The van der Waals surface area contributed by atoms with E-state index in [-0.39, 0.29) is 17.2 Å². The minimum Gasteiger partial charge on any atom is -0.368 e. The van der Waals surface area contributed by atoms with Crippen LogP contribution in [0.1, 0.15) is 22.2 Å². The molecule has 0 bridgehead atoms. The highest BCUT2D eigenvalue weighted by atomic mass is 19.1. The molecule has 1 aliphatic heterocycles. The van der Waals surface area contributed by atoms with Crippen molar-refractivity contribution < 1.29 is 18.3 Å². The van der Waals surface area contributed by atoms with Crippen molar-refractivity contribution in [1.82, 2.24) is 9.88 Å². The van der Waals surface area contributed by atoms with Gasteiger partial charge in [-0.25, -0.2) is 13.8 Å². The van der Waals surface area contributed by atoms with E-state index in [9.17, 15) is 13.6 Å². The molecule has 1 amide bonds. The lowest BCUT2D eigenvalue weighted by atomic mass is 10.1. The number of hydrogen-bond donors (Lipinski definition) is 0. The Labute approximate surface area is 161 Å². The van der Waals surface area contributed by atoms with Gasteiger partial charge in [0.15, 0.2) is 0 Å². The van der Waals surface area contributed by atoms with E-state index in [2.05, 4.69) is 4.98 Å². The molecule has 6 heteroatoms. The zero-order valence-corrected chi connectivity index (χ0v) is 15.0. The van der Waals surface area contributed by atoms with Crippen molar-refractivity contribution in [2.75, 3.05) is 19.7 Å². The molecule has 1 fully saturated rings. The molecule has 1 atom stereocenters. The second-order valence-corrected chi connectivity index (χ2v) is 6.52. The summed E-state index contributed by atoms with van der Waals surface area (Å²) in [7, 11) is 0. The summed E-state index contributed by atoms with van der Waals surface area (Å²) in [5, 5.41) is 0. The number of hydrogen-bond acceptors (Lipinski definition) is 3. The monoisotopic (exact) mass is 380 g/mol. The fourth-order valence-electron chi connectivity index (χ4n) is 3.29. The summed E-state index contributed by atoms with van der Waals surface area (Å²) in [6, 6.07) is 17.7. The highest BCUT2D eigenvalue weighted by Crippen LogP contribution is 2.28. The minimum atomic E-state index is -0.671. The van der Waals surface area contributed by atoms with E-state index in [1.165, 1.54) is 18.2 Å². The van der Waals surface area contributed by atoms with Crippen LogP contribution in [-0.2, 0) is 4.74 Å². The van der Waals surface area contributed by atoms with Crippen molar-refractivity contribution in [2.24, 2.45) is 0 Å². The molecule has 1 aliphatic rings. The largest absolute Gasteiger partial charge is 0.368 e. The van der Waals surface area contributed by atoms with Gasteiger partial charge in [0.1, 0.15) is 17.7 Å². The Hall–Kier alpha value is -3.12. The molecule has 142 valence electrons. The van der Waals surface area contributed by atoms with Gasteiger partial charge in [0.05, 0.1) is 30.1 Å². The molecule has 1 aromatic heterocycles. The van der Waals surface area contributed by atoms with Crippen molar-refractivity contribution in [3.05, 3.63) is 89.6 Å². The molecular formula is C22H18F2N2O2. The number of halogens is 2. The average molecular weight is 380 g/mol. The first kappa shape index (κ1) is 18.3. The predicted molar refractivity (Wildman–Crippen MR) is 101 cm³/mol. The van der Waals surface area contributed by atoms with Crippen LogP contribution in [0.5, 0.6) is 0 Å². The minimum absolute atomic E-state index is 0.0785. The van der Waals surface area contributed by atoms with Crippen LogP contribution >= 0.6 is 0 Å². The molecule has 0 N–H and O–H groups in total. The van der Waals surface area contributed by atoms with Crippen LogP contribution in [0.15, 0.2) is 66.7 Å². The first-order chi connectivity index (χ1) is 13.6. The molecule has 4 nitrogen and oxygen atoms in total. The van der Waals surface area contributed by atoms with Crippen molar-refractivity contribution >= 4 is 5.91 Å². The van der Waals surface area contributed by atoms with Gasteiger partial charge in [0, 0.05) is 12.1 Å². The van der Waals surface area contributed by atoms with E-state index < -0.39 is 17.7 Å². The van der Waals surface area contributed by atoms with Crippen LogP contribution in [0.25, 0.3) is 11.3 Å². The zero-order valence-electron chi connectivity index (χ0n) is 15.0. The van der Waals surface area contributed by atoms with Crippen molar-refractivity contribution in [2.45, 2.75) is 6.10 Å². The number of amides is 1. The molecule has 2 aromatic carbocycles. The normalized spacial score (nSPS) is 16.8. The fraction of sp³-hybridized carbons (Fsp3) is 0.182. The maximum absolute atomic E-state index is 14.1. The van der Waals surface area contributed by atoms with Crippen molar-refractivity contribution in [3.8, 4) is 11.3 Å². The van der Waals surface area contributed by atoms with Crippen LogP contribution in [0.2, 0.25) is 0 Å². The third kappa shape index (κ3) is 3.64. The van der Waals surface area contributed by atoms with Crippen molar-refractivity contribution in [3.63, 3.8) is 0 Å². The number of morpholine rings is 1. The summed E-state index contributed by atoms with van der Waals surface area (Å²) >= 11 is 0. The van der Waals surface area contributed by atoms with Gasteiger partial charge in [-0.3, -0.25) is 4.79 Å². The number of ether oxygens (including phenoxy) is 1. The Morgan fingerprint density at radius 2 is 1.68 bits per heavy atom. The van der Waals surface area contributed by atoms with Gasteiger partial charge in [-0.05, 0) is 36.4 Å². The van der Waals surface area contributed by atoms with E-state index in [0.29, 0.717) is 31.0 Å². The Kier molecular flexibility index (Phi) is 5.12. The first-order valence-electron chi connectivity index (χ1n) is 9.01. The molecule has 1 saturated heterocycles. The third-order valence-corrected chi connectivity index (χ3v) is 4.69. The predicted octanol–water partition coefficient (Wildman–Crippen LogP) is 4.24. The number of nitrogens with zero attached hydrogens (tertiary/aromatic N) is 2. The molecule has 3 aromatic rings. The Morgan fingerprint density at radius 1 is 0.964 bits per heavy atom. The Bertz CT molecular complexity index is 975. The first-order valence-corrected chi connectivity index (χ1v) is 9.01. The van der Waals surface area contributed by atoms with Crippen LogP contribution in [0, 0.1) is 11.6 Å². The number of carbonyl (C=O) groups excluding carboxylic acids is 1. The molecule has 0 spiro atoms. The zero-order chi connectivity index (χ0) is 19.5. The quantitative estimate of drug-likeness (QED) is 0.683. The molecule has 0 aliphatic carbocycles. The van der Waals surface area contributed by atoms with Crippen molar-refractivity contribution in [1.29, 1.82) is 0 Å². The third-order valence-electron chi connectivity index (χ3n) is 4.69. The topological polar surface area (TPSA) is 42.4 Å². The smallest absolute Gasteiger partial charge is 0.254 e. The SMILES string of the molecule is O=C(c1ccccc1)N1CCOC(c2cccc(-c3c(F)cccc3F)n2)C1. The fourth-order valence-corrected chi connectivity index (χ4v) is 3.29. The van der Waals surface area contributed by atoms with Gasteiger partial charge in [0.25, 0.3) is 5.91 Å². The summed E-state index contributed by atoms with van der Waals surface area (Å²) in [6.45, 7) is 1.17. The standard InChI is InChI=1S/C22H18F2N2O2/c23-16-8-4-9-17(24)21(16)19-11-5-10-18(25-19)20-14-26(12-13-28-20)22(27)15-6-2-1-3-7-15/h1-11,20H,12-14H2. The number of aromatic nitrogens is 1. The van der Waals surface area contributed by atoms with Gasteiger partial charge in [-0.15, -0.1) is 0 Å². The van der Waals surface area contributed by atoms with E-state index in [0.717, 1.165) is 0 Å². The van der Waals surface area contributed by atoms with Crippen LogP contribution in [0.3, 0.4) is 0 Å².